The molecule has 1 amide bonds. The molecule has 25 heavy (non-hydrogen) atoms. The SMILES string of the molecule is O=C(Cc1cn2ccsc2n1)NCc1ccc(Cn2cncn2)cc1. The fourth-order valence-corrected chi connectivity index (χ4v) is 3.27. The third-order valence-corrected chi connectivity index (χ3v) is 4.58. The smallest absolute Gasteiger partial charge is 0.226 e. The number of nitrogens with one attached hydrogen (secondary N) is 1. The number of fused-ring (bicyclic) bond motifs is 1. The van der Waals surface area contributed by atoms with Gasteiger partial charge in [-0.1, -0.05) is 24.3 Å². The second-order valence-corrected chi connectivity index (χ2v) is 6.56. The van der Waals surface area contributed by atoms with Gasteiger partial charge in [0.05, 0.1) is 18.7 Å². The molecule has 0 spiro atoms. The Balaban J connectivity index is 1.29. The summed E-state index contributed by atoms with van der Waals surface area (Å²) in [5.41, 5.74) is 2.98. The molecule has 126 valence electrons. The molecule has 0 radical (unpaired) electrons. The first-order valence-corrected chi connectivity index (χ1v) is 8.72. The number of imidazole rings is 1. The van der Waals surface area contributed by atoms with Crippen molar-refractivity contribution in [1.29, 1.82) is 0 Å². The molecule has 0 aliphatic rings. The van der Waals surface area contributed by atoms with Gasteiger partial charge in [0.25, 0.3) is 0 Å². The average Bonchev–Trinajstić information content (AvgIpc) is 3.32. The summed E-state index contributed by atoms with van der Waals surface area (Å²) < 4.78 is 3.70. The molecular formula is C17H16N6OS. The number of nitrogens with zero attached hydrogens (tertiary/aromatic N) is 5. The normalized spacial score (nSPS) is 11.0. The van der Waals surface area contributed by atoms with Gasteiger partial charge in [0.15, 0.2) is 4.96 Å². The van der Waals surface area contributed by atoms with E-state index in [0.717, 1.165) is 21.8 Å². The number of benzene rings is 1. The molecule has 7 nitrogen and oxygen atoms in total. The Morgan fingerprint density at radius 1 is 1.20 bits per heavy atom. The van der Waals surface area contributed by atoms with E-state index in [9.17, 15) is 4.79 Å². The first-order chi connectivity index (χ1) is 12.3. The Morgan fingerprint density at radius 3 is 2.80 bits per heavy atom. The predicted molar refractivity (Wildman–Crippen MR) is 94.2 cm³/mol. The highest BCUT2D eigenvalue weighted by atomic mass is 32.1. The van der Waals surface area contributed by atoms with E-state index in [4.69, 9.17) is 0 Å². The summed E-state index contributed by atoms with van der Waals surface area (Å²) in [6, 6.07) is 8.09. The van der Waals surface area contributed by atoms with Gasteiger partial charge in [-0.15, -0.1) is 11.3 Å². The number of carbonyl (C=O) groups excluding carboxylic acids is 1. The highest BCUT2D eigenvalue weighted by Gasteiger charge is 2.08. The van der Waals surface area contributed by atoms with E-state index in [1.54, 1.807) is 22.3 Å². The molecule has 0 aliphatic heterocycles. The fourth-order valence-electron chi connectivity index (χ4n) is 2.55. The fraction of sp³-hybridized carbons (Fsp3) is 0.176. The molecule has 0 bridgehead atoms. The van der Waals surface area contributed by atoms with Gasteiger partial charge in [-0.25, -0.2) is 14.6 Å². The molecule has 8 heteroatoms. The first kappa shape index (κ1) is 15.5. The van der Waals surface area contributed by atoms with Crippen LogP contribution in [0.5, 0.6) is 0 Å². The van der Waals surface area contributed by atoms with E-state index in [1.807, 2.05) is 46.4 Å². The lowest BCUT2D eigenvalue weighted by Gasteiger charge is -2.06. The molecule has 0 saturated heterocycles. The van der Waals surface area contributed by atoms with E-state index in [0.29, 0.717) is 19.5 Å². The molecule has 0 aliphatic carbocycles. The van der Waals surface area contributed by atoms with E-state index in [-0.39, 0.29) is 5.91 Å². The van der Waals surface area contributed by atoms with Gasteiger partial charge in [-0.05, 0) is 11.1 Å². The zero-order valence-electron chi connectivity index (χ0n) is 13.4. The lowest BCUT2D eigenvalue weighted by molar-refractivity contribution is -0.120. The molecule has 0 atom stereocenters. The van der Waals surface area contributed by atoms with Crippen LogP contribution in [0, 0.1) is 0 Å². The second kappa shape index (κ2) is 6.86. The zero-order chi connectivity index (χ0) is 17.1. The molecule has 0 saturated carbocycles. The Hall–Kier alpha value is -3.00. The van der Waals surface area contributed by atoms with Crippen molar-refractivity contribution < 1.29 is 4.79 Å². The van der Waals surface area contributed by atoms with Crippen LogP contribution in [-0.4, -0.2) is 30.1 Å². The third kappa shape index (κ3) is 3.74. The van der Waals surface area contributed by atoms with Crippen LogP contribution >= 0.6 is 11.3 Å². The van der Waals surface area contributed by atoms with Gasteiger partial charge in [0.2, 0.25) is 5.91 Å². The van der Waals surface area contributed by atoms with E-state index < -0.39 is 0 Å². The number of amides is 1. The molecule has 0 fully saturated rings. The zero-order valence-corrected chi connectivity index (χ0v) is 14.2. The molecule has 4 aromatic rings. The molecule has 1 N–H and O–H groups in total. The van der Waals surface area contributed by atoms with Crippen molar-refractivity contribution in [1.82, 2.24) is 29.5 Å². The number of hydrogen-bond donors (Lipinski definition) is 1. The van der Waals surface area contributed by atoms with Crippen molar-refractivity contribution in [3.63, 3.8) is 0 Å². The number of carbonyl (C=O) groups is 1. The molecule has 1 aromatic carbocycles. The van der Waals surface area contributed by atoms with Crippen molar-refractivity contribution in [2.75, 3.05) is 0 Å². The standard InChI is InChI=1S/C17H16N6OS/c24-16(7-15-10-22-5-6-25-17(22)21-15)19-8-13-1-3-14(4-2-13)9-23-12-18-11-20-23/h1-6,10-12H,7-9H2,(H,19,24). The van der Waals surface area contributed by atoms with Crippen molar-refractivity contribution in [3.8, 4) is 0 Å². The third-order valence-electron chi connectivity index (χ3n) is 3.81. The summed E-state index contributed by atoms with van der Waals surface area (Å²) in [5.74, 6) is -0.0301. The molecule has 3 aromatic heterocycles. The quantitative estimate of drug-likeness (QED) is 0.575. The van der Waals surface area contributed by atoms with Crippen molar-refractivity contribution in [3.05, 3.63) is 71.5 Å². The Bertz CT molecular complexity index is 942. The lowest BCUT2D eigenvalue weighted by Crippen LogP contribution is -2.24. The first-order valence-electron chi connectivity index (χ1n) is 7.84. The molecule has 0 unspecified atom stereocenters. The van der Waals surface area contributed by atoms with E-state index in [1.165, 1.54) is 6.33 Å². The number of thiazole rings is 1. The Morgan fingerprint density at radius 2 is 2.04 bits per heavy atom. The van der Waals surface area contributed by atoms with Crippen LogP contribution in [0.25, 0.3) is 4.96 Å². The Kier molecular flexibility index (Phi) is 4.26. The van der Waals surface area contributed by atoms with Gasteiger partial charge in [-0.2, -0.15) is 5.10 Å². The minimum absolute atomic E-state index is 0.0301. The van der Waals surface area contributed by atoms with Crippen LogP contribution in [0.4, 0.5) is 0 Å². The topological polar surface area (TPSA) is 77.1 Å². The summed E-state index contributed by atoms with van der Waals surface area (Å²) in [6.07, 6.45) is 7.33. The largest absolute Gasteiger partial charge is 0.352 e. The number of aromatic nitrogens is 5. The summed E-state index contributed by atoms with van der Waals surface area (Å²) in [6.45, 7) is 1.19. The van der Waals surface area contributed by atoms with E-state index in [2.05, 4.69) is 20.4 Å². The number of rotatable bonds is 6. The minimum atomic E-state index is -0.0301. The van der Waals surface area contributed by atoms with Gasteiger partial charge < -0.3 is 5.32 Å². The highest BCUT2D eigenvalue weighted by Crippen LogP contribution is 2.12. The predicted octanol–water partition coefficient (Wildman–Crippen LogP) is 1.89. The van der Waals surface area contributed by atoms with Crippen LogP contribution in [0.2, 0.25) is 0 Å². The van der Waals surface area contributed by atoms with Crippen LogP contribution in [0.1, 0.15) is 16.8 Å². The van der Waals surface area contributed by atoms with Gasteiger partial charge in [0.1, 0.15) is 12.7 Å². The van der Waals surface area contributed by atoms with E-state index >= 15 is 0 Å². The molecular weight excluding hydrogens is 336 g/mol. The van der Waals surface area contributed by atoms with Gasteiger partial charge in [0, 0.05) is 24.3 Å². The maximum absolute atomic E-state index is 12.1. The molecule has 4 rings (SSSR count). The lowest BCUT2D eigenvalue weighted by atomic mass is 10.1. The summed E-state index contributed by atoms with van der Waals surface area (Å²) in [4.78, 5) is 21.3. The summed E-state index contributed by atoms with van der Waals surface area (Å²) in [7, 11) is 0. The van der Waals surface area contributed by atoms with Crippen molar-refractivity contribution in [2.45, 2.75) is 19.5 Å². The summed E-state index contributed by atoms with van der Waals surface area (Å²) in [5, 5.41) is 8.99. The van der Waals surface area contributed by atoms with Crippen LogP contribution in [0.3, 0.4) is 0 Å². The van der Waals surface area contributed by atoms with Crippen LogP contribution < -0.4 is 5.32 Å². The maximum atomic E-state index is 12.1. The highest BCUT2D eigenvalue weighted by molar-refractivity contribution is 7.15. The molecule has 3 heterocycles. The second-order valence-electron chi connectivity index (χ2n) is 5.69. The maximum Gasteiger partial charge on any atom is 0.226 e. The Labute approximate surface area is 148 Å². The van der Waals surface area contributed by atoms with Crippen molar-refractivity contribution in [2.24, 2.45) is 0 Å². The van der Waals surface area contributed by atoms with Crippen molar-refractivity contribution >= 4 is 22.2 Å². The van der Waals surface area contributed by atoms with Gasteiger partial charge in [-0.3, -0.25) is 9.20 Å². The minimum Gasteiger partial charge on any atom is -0.352 e. The van der Waals surface area contributed by atoms with Crippen LogP contribution in [0.15, 0.2) is 54.7 Å². The number of hydrogen-bond acceptors (Lipinski definition) is 5. The van der Waals surface area contributed by atoms with Crippen LogP contribution in [-0.2, 0) is 24.3 Å². The summed E-state index contributed by atoms with van der Waals surface area (Å²) >= 11 is 1.56. The average molecular weight is 352 g/mol. The monoisotopic (exact) mass is 352 g/mol. The van der Waals surface area contributed by atoms with Gasteiger partial charge >= 0.3 is 0 Å².